The Morgan fingerprint density at radius 2 is 1.30 bits per heavy atom. The maximum Gasteiger partial charge on any atom is 0.280 e. The number of hydrogen-bond acceptors (Lipinski definition) is 18. The third kappa shape index (κ3) is 5.52. The van der Waals surface area contributed by atoms with Crippen LogP contribution in [0.15, 0.2) is 22.2 Å². The minimum Gasteiger partial charge on any atom is -0.386 e. The highest BCUT2D eigenvalue weighted by atomic mass is 32.4. The molecule has 0 amide bonds. The Hall–Kier alpha value is -3.01. The Balaban J connectivity index is 1.18. The zero-order chi connectivity index (χ0) is 32.7. The van der Waals surface area contributed by atoms with Gasteiger partial charge in [-0.05, 0) is 11.8 Å². The van der Waals surface area contributed by atoms with Crippen molar-refractivity contribution in [1.29, 1.82) is 0 Å². The third-order valence-corrected chi connectivity index (χ3v) is 10.1. The Labute approximate surface area is 263 Å². The number of aliphatic hydroxyl groups excluding tert-OH is 2. The summed E-state index contributed by atoms with van der Waals surface area (Å²) in [4.78, 5) is 45.3. The molecule has 3 aliphatic heterocycles. The van der Waals surface area contributed by atoms with Crippen LogP contribution < -0.4 is 22.6 Å². The molecule has 21 nitrogen and oxygen atoms in total. The van der Waals surface area contributed by atoms with E-state index >= 15 is 0 Å². The van der Waals surface area contributed by atoms with Crippen molar-refractivity contribution in [1.82, 2.24) is 39.0 Å². The Morgan fingerprint density at radius 1 is 0.848 bits per heavy atom. The van der Waals surface area contributed by atoms with Crippen molar-refractivity contribution in [2.75, 3.05) is 24.7 Å². The van der Waals surface area contributed by atoms with Crippen LogP contribution in [0.3, 0.4) is 0 Å². The molecule has 7 heterocycles. The lowest BCUT2D eigenvalue weighted by atomic mass is 10.1. The molecular formula is C20H22B2N10O11P2S. The number of rotatable bonds is 2. The molecule has 0 aromatic carbocycles. The summed E-state index contributed by atoms with van der Waals surface area (Å²) < 4.78 is 50.4. The summed E-state index contributed by atoms with van der Waals surface area (Å²) >= 11 is 5.41. The molecule has 8 N–H and O–H groups in total. The molecule has 3 aliphatic rings. The fourth-order valence-corrected chi connectivity index (χ4v) is 7.95. The first kappa shape index (κ1) is 31.6. The van der Waals surface area contributed by atoms with Crippen molar-refractivity contribution in [3.8, 4) is 0 Å². The fourth-order valence-electron chi connectivity index (χ4n) is 5.44. The van der Waals surface area contributed by atoms with E-state index in [1.54, 1.807) is 0 Å². The first-order chi connectivity index (χ1) is 21.7. The Kier molecular flexibility index (Phi) is 7.76. The fraction of sp³-hybridized carbons (Fsp3) is 0.500. The van der Waals surface area contributed by atoms with Crippen molar-refractivity contribution in [3.63, 3.8) is 0 Å². The largest absolute Gasteiger partial charge is 0.386 e. The lowest BCUT2D eigenvalue weighted by Crippen LogP contribution is -2.39. The monoisotopic (exact) mass is 694 g/mol. The standard InChI is InChI=1S/C20H22B2N10O11P2S/c21-44(37)38-1-5-12(10(34)18(40-5)32-4-26-8-14(32)28-20(24)30-16(8)36)43-45(22,46)39-2-6-11(42-44)9(33)17(41-6)31-3-25-7-13(31)27-19(23)29-15(7)35/h3-6,9-12,17-18,33-34H,1-2H2,(H3,23,27,29,35)(H3,24,28,30,36)/t5-,6-,9+,10?,11?,12+,17-,18-,44?,45?/m1/s1. The molecule has 240 valence electrons. The van der Waals surface area contributed by atoms with Gasteiger partial charge in [-0.15, -0.1) is 0 Å². The van der Waals surface area contributed by atoms with Crippen LogP contribution in [-0.4, -0.2) is 114 Å². The van der Waals surface area contributed by atoms with Crippen LogP contribution in [0.1, 0.15) is 12.5 Å². The minimum absolute atomic E-state index is 0.0125. The highest BCUT2D eigenvalue weighted by molar-refractivity contribution is 8.21. The number of hydrogen-bond donors (Lipinski definition) is 6. The quantitative estimate of drug-likeness (QED) is 0.0928. The van der Waals surface area contributed by atoms with Crippen molar-refractivity contribution in [2.24, 2.45) is 0 Å². The van der Waals surface area contributed by atoms with Crippen LogP contribution in [0.4, 0.5) is 11.9 Å². The van der Waals surface area contributed by atoms with E-state index in [-0.39, 0.29) is 34.2 Å². The molecule has 4 aromatic heterocycles. The van der Waals surface area contributed by atoms with Crippen LogP contribution in [0, 0.1) is 0 Å². The van der Waals surface area contributed by atoms with E-state index in [1.165, 1.54) is 21.8 Å². The smallest absolute Gasteiger partial charge is 0.280 e. The van der Waals surface area contributed by atoms with Gasteiger partial charge in [-0.25, -0.2) is 9.97 Å². The first-order valence-electron chi connectivity index (χ1n) is 13.3. The van der Waals surface area contributed by atoms with Gasteiger partial charge in [-0.1, -0.05) is 0 Å². The molecule has 3 saturated heterocycles. The van der Waals surface area contributed by atoms with E-state index in [4.69, 9.17) is 66.0 Å². The second-order valence-electron chi connectivity index (χ2n) is 10.5. The molecule has 0 aliphatic carbocycles. The van der Waals surface area contributed by atoms with E-state index in [2.05, 4.69) is 29.9 Å². The first-order valence-corrected chi connectivity index (χ1v) is 17.6. The number of anilines is 2. The zero-order valence-electron chi connectivity index (χ0n) is 23.1. The van der Waals surface area contributed by atoms with Crippen molar-refractivity contribution < 1.29 is 42.3 Å². The summed E-state index contributed by atoms with van der Waals surface area (Å²) in [5.74, 6) is -0.427. The van der Waals surface area contributed by atoms with E-state index in [9.17, 15) is 24.4 Å². The number of fused-ring (bicyclic) bond motifs is 4. The predicted octanol–water partition coefficient (Wildman–Crippen LogP) is -2.58. The lowest BCUT2D eigenvalue weighted by molar-refractivity contribution is -0.0547. The molecule has 7 rings (SSSR count). The number of H-pyrrole nitrogens is 2. The minimum atomic E-state index is -4.52. The summed E-state index contributed by atoms with van der Waals surface area (Å²) in [6, 6.07) is 0. The number of ether oxygens (including phenoxy) is 2. The molecule has 0 bridgehead atoms. The predicted molar refractivity (Wildman–Crippen MR) is 160 cm³/mol. The molecule has 46 heavy (non-hydrogen) atoms. The van der Waals surface area contributed by atoms with Crippen LogP contribution in [0.2, 0.25) is 0 Å². The number of nitrogens with one attached hydrogen (secondary N) is 2. The molecule has 3 fully saturated rings. The molecule has 10 atom stereocenters. The number of imidazole rings is 2. The molecule has 0 spiro atoms. The van der Waals surface area contributed by atoms with E-state index < -0.39 is 87.3 Å². The van der Waals surface area contributed by atoms with Gasteiger partial charge in [0.1, 0.15) is 43.0 Å². The second kappa shape index (κ2) is 11.3. The lowest BCUT2D eigenvalue weighted by Gasteiger charge is -2.31. The van der Waals surface area contributed by atoms with Gasteiger partial charge >= 0.3 is 0 Å². The Morgan fingerprint density at radius 3 is 1.80 bits per heavy atom. The van der Waals surface area contributed by atoms with Gasteiger partial charge in [0.2, 0.25) is 19.5 Å². The van der Waals surface area contributed by atoms with Crippen LogP contribution >= 0.6 is 13.8 Å². The van der Waals surface area contributed by atoms with Crippen molar-refractivity contribution in [2.45, 2.75) is 49.1 Å². The molecular weight excluding hydrogens is 672 g/mol. The van der Waals surface area contributed by atoms with E-state index in [0.717, 1.165) is 0 Å². The van der Waals surface area contributed by atoms with Gasteiger partial charge in [-0.2, -0.15) is 9.97 Å². The number of aliphatic hydroxyl groups is 2. The molecule has 0 saturated carbocycles. The maximum absolute atomic E-state index is 13.4. The molecule has 26 heteroatoms. The molecule has 4 unspecified atom stereocenters. The second-order valence-corrected chi connectivity index (χ2v) is 15.1. The number of nitrogens with two attached hydrogens (primary N) is 2. The number of aromatic amines is 2. The summed E-state index contributed by atoms with van der Waals surface area (Å²) in [6.45, 7) is -1.08. The van der Waals surface area contributed by atoms with Gasteiger partial charge in [0, 0.05) is 0 Å². The highest BCUT2D eigenvalue weighted by Gasteiger charge is 2.52. The van der Waals surface area contributed by atoms with Crippen molar-refractivity contribution in [3.05, 3.63) is 33.4 Å². The summed E-state index contributed by atoms with van der Waals surface area (Å²) in [6.07, 6.45) is -12.4. The molecule has 4 aromatic rings. The van der Waals surface area contributed by atoms with Gasteiger partial charge < -0.3 is 49.2 Å². The normalized spacial score (nSPS) is 37.1. The van der Waals surface area contributed by atoms with Crippen LogP contribution in [0.25, 0.3) is 22.3 Å². The number of nitrogens with zero attached hydrogens (tertiary/aromatic N) is 6. The van der Waals surface area contributed by atoms with Crippen LogP contribution in [0.5, 0.6) is 0 Å². The number of nitrogen functional groups attached to an aromatic ring is 2. The van der Waals surface area contributed by atoms with E-state index in [0.29, 0.717) is 0 Å². The van der Waals surface area contributed by atoms with Gasteiger partial charge in [0.05, 0.1) is 25.9 Å². The number of aromatic nitrogens is 8. The van der Waals surface area contributed by atoms with Crippen molar-refractivity contribution >= 4 is 75.0 Å². The summed E-state index contributed by atoms with van der Waals surface area (Å²) in [5, 5.41) is 22.6. The summed E-state index contributed by atoms with van der Waals surface area (Å²) in [7, 11) is 7.64. The average molecular weight is 694 g/mol. The van der Waals surface area contributed by atoms with E-state index in [1.807, 2.05) is 0 Å². The third-order valence-electron chi connectivity index (χ3n) is 7.44. The van der Waals surface area contributed by atoms with Crippen LogP contribution in [-0.2, 0) is 43.9 Å². The average Bonchev–Trinajstić information content (AvgIpc) is 3.72. The Bertz CT molecular complexity index is 1920. The maximum atomic E-state index is 13.4. The highest BCUT2D eigenvalue weighted by Crippen LogP contribution is 2.53. The van der Waals surface area contributed by atoms with Gasteiger partial charge in [0.25, 0.3) is 18.6 Å². The molecule has 4 radical (unpaired) electrons. The van der Waals surface area contributed by atoms with Gasteiger partial charge in [-0.3, -0.25) is 33.3 Å². The summed E-state index contributed by atoms with van der Waals surface area (Å²) in [5.41, 5.74) is 9.89. The van der Waals surface area contributed by atoms with Gasteiger partial charge in [0.15, 0.2) is 42.3 Å². The SMILES string of the molecule is [B]P1(=O)OC[C@H]2O[C@@H](n3cnc4c(=O)[nH]c(N)nc43)C(O)[C@H]2OP([B])(=S)OC[C@H]2O[C@@H](n3cnc4c(=O)[nH]c(N)nc43)[C@@H](O)C2O1. The topological polar surface area (TPSA) is 292 Å². The zero-order valence-corrected chi connectivity index (χ0v) is 25.7.